The molecule has 0 aromatic rings. The van der Waals surface area contributed by atoms with E-state index in [1.165, 1.54) is 0 Å². The van der Waals surface area contributed by atoms with Crippen LogP contribution in [0.5, 0.6) is 0 Å². The van der Waals surface area contributed by atoms with Gasteiger partial charge in [-0.1, -0.05) is 0 Å². The van der Waals surface area contributed by atoms with Gasteiger partial charge in [-0.2, -0.15) is 0 Å². The third kappa shape index (κ3) is 177. The molecule has 0 rings (SSSR count). The number of hydrogen-bond acceptors (Lipinski definition) is 60. The molecule has 0 aromatic heterocycles. The second kappa shape index (κ2) is 89.4. The summed E-state index contributed by atoms with van der Waals surface area (Å²) in [6.07, 6.45) is -15.4. The van der Waals surface area contributed by atoms with Crippen LogP contribution in [0.25, 0.3) is 0 Å². The SMILES string of the molecule is O=C(O)CC(O)(CC(=O)O)C(=O)O.O=C(O)CC(O)(CC(=O)O)C(=O)O.O=C([O-])CC(O)(CC(=O)[O-])C(=O)[O-].O=C([O-])CC(O)(CC(=O)[O-])C(=O)[O-].O=C([O-])CC(O)(CC(=O)[O-])C(=O)[O-].O=C([O-])CC(O)(CC(=O)[O-])C(=O)[O-].O[Si](O)(O)O.O[Si](O)(O)O.O[Si](O)(O)O.O[Si](O)(O)O.O[Si](O)(O)O.O[Si](O)(O)O.[Na+].[Na+].[Na+].[Na+].[Na+].[Na+].[Na+].[Na+].[Na+].[Na+].[Na+].[Na+]. The molecule has 0 saturated heterocycles. The summed E-state index contributed by atoms with van der Waals surface area (Å²) in [7, 11) is -27.7. The van der Waals surface area contributed by atoms with Crippen LogP contribution in [0, 0.1) is 0 Å². The van der Waals surface area contributed by atoms with Gasteiger partial charge in [0.2, 0.25) is 0 Å². The standard InChI is InChI=1S/6C6H8O7.12Na.6H4O4Si/c6*7-3(8)1-6(13,5(11)12)2-4(9)10;;;;;;;;;;;;;6*1-5(2,3)4/h6*13H,1-2H2,(H,7,8)(H,9,10)(H,11,12);;;;;;;;;;;;;6*1-4H/q;;;;;;12*+1;;;;;;/p-12. The van der Waals surface area contributed by atoms with Crippen molar-refractivity contribution in [3.63, 3.8) is 0 Å². The third-order valence-corrected chi connectivity index (χ3v) is 7.58. The summed E-state index contributed by atoms with van der Waals surface area (Å²) in [5.41, 5.74) is -17.4. The third-order valence-electron chi connectivity index (χ3n) is 7.58. The van der Waals surface area contributed by atoms with Gasteiger partial charge in [-0.25, -0.2) is 9.59 Å². The molecule has 0 heterocycles. The Labute approximate surface area is 936 Å². The van der Waals surface area contributed by atoms with Gasteiger partial charge in [-0.3, -0.25) is 19.2 Å². The summed E-state index contributed by atoms with van der Waals surface area (Å²) in [6, 6.07) is 0. The van der Waals surface area contributed by atoms with Gasteiger partial charge in [0.1, 0.15) is 22.4 Å². The second-order valence-corrected chi connectivity index (χ2v) is 25.4. The van der Waals surface area contributed by atoms with Gasteiger partial charge in [0, 0.05) is 99.1 Å². The van der Waals surface area contributed by atoms with Crippen molar-refractivity contribution in [2.45, 2.75) is 111 Å². The van der Waals surface area contributed by atoms with E-state index in [-0.39, 0.29) is 355 Å². The first-order valence-electron chi connectivity index (χ1n) is 24.2. The molecule has 36 N–H and O–H groups in total. The van der Waals surface area contributed by atoms with E-state index in [1.807, 2.05) is 0 Å². The minimum atomic E-state index is -4.61. The summed E-state index contributed by atoms with van der Waals surface area (Å²) in [6.45, 7) is 0. The molecule has 0 saturated carbocycles. The van der Waals surface area contributed by atoms with Gasteiger partial charge in [-0.05, 0) is 0 Å². The van der Waals surface area contributed by atoms with Crippen molar-refractivity contribution in [3.05, 3.63) is 0 Å². The zero-order valence-corrected chi connectivity index (χ0v) is 93.8. The number of aliphatic hydroxyl groups is 6. The first-order valence-corrected chi connectivity index (χ1v) is 34.9. The average molecular weight is 1990 g/mol. The van der Waals surface area contributed by atoms with Gasteiger partial charge in [0.25, 0.3) is 0 Å². The van der Waals surface area contributed by atoms with Crippen LogP contribution in [-0.2, 0) is 86.3 Å². The Morgan fingerprint density at radius 2 is 0.233 bits per heavy atom. The predicted molar refractivity (Wildman–Crippen MR) is 279 cm³/mol. The Morgan fingerprint density at radius 3 is 0.267 bits per heavy atom. The van der Waals surface area contributed by atoms with Crippen LogP contribution in [0.15, 0.2) is 0 Å². The summed E-state index contributed by atoms with van der Waals surface area (Å²) in [5, 5.41) is 223. The van der Waals surface area contributed by atoms with Gasteiger partial charge >= 0.3 is 445 Å². The molecule has 0 aliphatic rings. The second-order valence-electron chi connectivity index (χ2n) is 18.2. The van der Waals surface area contributed by atoms with Gasteiger partial charge in [-0.15, -0.1) is 0 Å². The Morgan fingerprint density at radius 1 is 0.167 bits per heavy atom. The molecule has 0 amide bonds. The molecule has 0 unspecified atom stereocenters. The fourth-order valence-electron chi connectivity index (χ4n) is 4.17. The molecule has 84 heteroatoms. The molecule has 120 heavy (non-hydrogen) atoms. The number of hydrogen-bond donors (Lipinski definition) is 36. The number of carbonyl (C=O) groups excluding carboxylic acids is 12. The molecule has 0 aromatic carbocycles. The Bertz CT molecular complexity index is 2330. The first kappa shape index (κ1) is 186. The van der Waals surface area contributed by atoms with Crippen molar-refractivity contribution in [3.8, 4) is 0 Å². The van der Waals surface area contributed by atoms with E-state index in [9.17, 15) is 148 Å². The minimum absolute atomic E-state index is 0. The average Bonchev–Trinajstić information content (AvgIpc) is 0.897. The molecule has 66 nitrogen and oxygen atoms in total. The molecule has 0 atom stereocenters. The zero-order valence-electron chi connectivity index (χ0n) is 63.8. The fourth-order valence-corrected chi connectivity index (χ4v) is 4.17. The van der Waals surface area contributed by atoms with Crippen molar-refractivity contribution >= 4 is 162 Å². The Kier molecular flexibility index (Phi) is 139. The summed E-state index contributed by atoms with van der Waals surface area (Å²) >= 11 is 0. The van der Waals surface area contributed by atoms with Crippen LogP contribution in [0.1, 0.15) is 77.0 Å². The van der Waals surface area contributed by atoms with Crippen LogP contribution >= 0.6 is 0 Å². The van der Waals surface area contributed by atoms with E-state index in [4.69, 9.17) is 176 Å². The van der Waals surface area contributed by atoms with Crippen LogP contribution in [0.4, 0.5) is 0 Å². The quantitative estimate of drug-likeness (QED) is 0.0297. The number of carbonyl (C=O) groups is 18. The normalized spacial score (nSPS) is 10.1. The van der Waals surface area contributed by atoms with Crippen LogP contribution in [0.2, 0.25) is 0 Å². The van der Waals surface area contributed by atoms with Gasteiger partial charge < -0.3 is 295 Å². The summed E-state index contributed by atoms with van der Waals surface area (Å²) in [5.74, 6) is -34.0. The number of rotatable bonds is 30. The van der Waals surface area contributed by atoms with Crippen LogP contribution in [0.3, 0.4) is 0 Å². The maximum atomic E-state index is 10.3. The molecule has 0 bridgehead atoms. The van der Waals surface area contributed by atoms with E-state index < -0.39 is 272 Å². The van der Waals surface area contributed by atoms with E-state index in [1.54, 1.807) is 0 Å². The van der Waals surface area contributed by atoms with Crippen molar-refractivity contribution in [1.29, 1.82) is 0 Å². The number of carboxylic acids is 18. The smallest absolute Gasteiger partial charge is 0.550 e. The van der Waals surface area contributed by atoms with Crippen LogP contribution in [-0.4, -0.2) is 372 Å². The molecule has 0 aliphatic heterocycles. The van der Waals surface area contributed by atoms with E-state index in [0.29, 0.717) is 0 Å². The molecular formula is C36H60Na12O66Si6. The van der Waals surface area contributed by atoms with E-state index in [2.05, 4.69) is 0 Å². The van der Waals surface area contributed by atoms with Gasteiger partial charge in [0.05, 0.1) is 49.6 Å². The predicted octanol–water partition coefficient (Wildman–Crippen LogP) is -75.1. The monoisotopic (exact) mass is 1990 g/mol. The molecule has 0 fully saturated rings. The van der Waals surface area contributed by atoms with E-state index in [0.717, 1.165) is 0 Å². The summed E-state index contributed by atoms with van der Waals surface area (Å²) in [4.78, 5) is 357. The zero-order chi connectivity index (χ0) is 90.9. The van der Waals surface area contributed by atoms with Crippen molar-refractivity contribution in [2.24, 2.45) is 0 Å². The van der Waals surface area contributed by atoms with Crippen molar-refractivity contribution in [2.75, 3.05) is 0 Å². The maximum Gasteiger partial charge on any atom is 1.00 e. The van der Waals surface area contributed by atoms with E-state index >= 15 is 0 Å². The molecule has 636 valence electrons. The topological polar surface area (TPSA) is 1310 Å². The van der Waals surface area contributed by atoms with Gasteiger partial charge in [0.15, 0.2) is 11.2 Å². The summed E-state index contributed by atoms with van der Waals surface area (Å²) < 4.78 is 0. The van der Waals surface area contributed by atoms with Crippen molar-refractivity contribution in [1.82, 2.24) is 0 Å². The fraction of sp³-hybridized carbons (Fsp3) is 0.500. The largest absolute Gasteiger partial charge is 1.00 e. The van der Waals surface area contributed by atoms with Crippen LogP contribution < -0.4 is 416 Å². The molecule has 0 spiro atoms. The molecule has 0 aliphatic carbocycles. The van der Waals surface area contributed by atoms with Crippen molar-refractivity contribution < 1.29 is 679 Å². The molecular weight excluding hydrogens is 1930 g/mol. The first-order chi connectivity index (χ1) is 46.7. The number of aliphatic carboxylic acids is 18. The Balaban J connectivity index is -0.0000000385. The molecule has 0 radical (unpaired) electrons. The number of carboxylic acid groups (broad SMARTS) is 18. The Hall–Kier alpha value is 2.56. The maximum absolute atomic E-state index is 10.3. The minimum Gasteiger partial charge on any atom is -0.550 e.